The molecule has 1 aromatic rings. The smallest absolute Gasteiger partial charge is 0.128 e. The van der Waals surface area contributed by atoms with E-state index in [4.69, 9.17) is 4.74 Å². The van der Waals surface area contributed by atoms with Crippen molar-refractivity contribution in [1.29, 1.82) is 0 Å². The first-order chi connectivity index (χ1) is 10.0. The summed E-state index contributed by atoms with van der Waals surface area (Å²) in [4.78, 5) is 1.45. The number of aliphatic hydroxyl groups is 1. The Balaban J connectivity index is 1.70. The summed E-state index contributed by atoms with van der Waals surface area (Å²) in [5.74, 6) is 1.18. The minimum absolute atomic E-state index is 0.214. The van der Waals surface area contributed by atoms with Crippen molar-refractivity contribution in [1.82, 2.24) is 0 Å². The van der Waals surface area contributed by atoms with Crippen molar-refractivity contribution in [3.8, 4) is 0 Å². The van der Waals surface area contributed by atoms with Crippen LogP contribution in [0.3, 0.4) is 0 Å². The normalized spacial score (nSPS) is 27.5. The predicted octanol–water partition coefficient (Wildman–Crippen LogP) is 1.26. The quantitative estimate of drug-likeness (QED) is 0.829. The molecule has 3 nitrogen and oxygen atoms in total. The first-order valence-electron chi connectivity index (χ1n) is 7.87. The van der Waals surface area contributed by atoms with Gasteiger partial charge in [-0.3, -0.25) is 0 Å². The summed E-state index contributed by atoms with van der Waals surface area (Å²) in [6.07, 6.45) is 0.799. The van der Waals surface area contributed by atoms with Gasteiger partial charge >= 0.3 is 0 Å². The van der Waals surface area contributed by atoms with Crippen LogP contribution in [-0.2, 0) is 11.3 Å². The van der Waals surface area contributed by atoms with Crippen LogP contribution in [0, 0.1) is 17.7 Å². The van der Waals surface area contributed by atoms with Crippen molar-refractivity contribution in [3.63, 3.8) is 0 Å². The SMILES string of the molecule is C[C@@H]1C[C@H](C)C[NH+](C[C@H](O)COCc2ccccc2F)C1. The summed E-state index contributed by atoms with van der Waals surface area (Å²) in [5.41, 5.74) is 0.539. The molecule has 0 amide bonds. The third-order valence-electron chi connectivity index (χ3n) is 4.13. The number of piperidine rings is 1. The molecule has 1 heterocycles. The minimum Gasteiger partial charge on any atom is -0.385 e. The van der Waals surface area contributed by atoms with Crippen molar-refractivity contribution >= 4 is 0 Å². The van der Waals surface area contributed by atoms with Crippen LogP contribution >= 0.6 is 0 Å². The Morgan fingerprint density at radius 3 is 2.62 bits per heavy atom. The van der Waals surface area contributed by atoms with E-state index < -0.39 is 6.10 Å². The number of hydrogen-bond acceptors (Lipinski definition) is 2. The Labute approximate surface area is 126 Å². The van der Waals surface area contributed by atoms with Crippen LogP contribution in [0.25, 0.3) is 0 Å². The van der Waals surface area contributed by atoms with Gasteiger partial charge in [-0.25, -0.2) is 4.39 Å². The number of likely N-dealkylation sites (tertiary alicyclic amines) is 1. The molecule has 1 aromatic carbocycles. The first-order valence-corrected chi connectivity index (χ1v) is 7.87. The van der Waals surface area contributed by atoms with E-state index in [-0.39, 0.29) is 19.0 Å². The maximum absolute atomic E-state index is 13.4. The predicted molar refractivity (Wildman–Crippen MR) is 80.6 cm³/mol. The van der Waals surface area contributed by atoms with Gasteiger partial charge in [0.25, 0.3) is 0 Å². The summed E-state index contributed by atoms with van der Waals surface area (Å²) in [6.45, 7) is 7.98. The lowest BCUT2D eigenvalue weighted by molar-refractivity contribution is -0.915. The molecule has 0 radical (unpaired) electrons. The van der Waals surface area contributed by atoms with Gasteiger partial charge in [0.15, 0.2) is 0 Å². The van der Waals surface area contributed by atoms with Crippen molar-refractivity contribution in [2.75, 3.05) is 26.2 Å². The van der Waals surface area contributed by atoms with Crippen molar-refractivity contribution in [3.05, 3.63) is 35.6 Å². The fourth-order valence-corrected chi connectivity index (χ4v) is 3.40. The number of benzene rings is 1. The van der Waals surface area contributed by atoms with Gasteiger partial charge in [-0.15, -0.1) is 0 Å². The van der Waals surface area contributed by atoms with Crippen LogP contribution in [0.2, 0.25) is 0 Å². The maximum atomic E-state index is 13.4. The Morgan fingerprint density at radius 2 is 1.95 bits per heavy atom. The highest BCUT2D eigenvalue weighted by molar-refractivity contribution is 5.16. The molecule has 0 spiro atoms. The lowest BCUT2D eigenvalue weighted by atomic mass is 9.92. The molecular weight excluding hydrogens is 269 g/mol. The zero-order valence-electron chi connectivity index (χ0n) is 13.0. The lowest BCUT2D eigenvalue weighted by Crippen LogP contribution is -3.15. The molecule has 4 atom stereocenters. The van der Waals surface area contributed by atoms with Gasteiger partial charge in [0.1, 0.15) is 18.5 Å². The third kappa shape index (κ3) is 5.38. The number of quaternary nitrogens is 1. The van der Waals surface area contributed by atoms with Gasteiger partial charge in [0.2, 0.25) is 0 Å². The monoisotopic (exact) mass is 296 g/mol. The fraction of sp³-hybridized carbons (Fsp3) is 0.647. The molecule has 0 aromatic heterocycles. The van der Waals surface area contributed by atoms with E-state index in [1.54, 1.807) is 18.2 Å². The molecule has 4 heteroatoms. The van der Waals surface area contributed by atoms with Gasteiger partial charge in [0.05, 0.1) is 26.3 Å². The fourth-order valence-electron chi connectivity index (χ4n) is 3.40. The lowest BCUT2D eigenvalue weighted by Gasteiger charge is -2.33. The highest BCUT2D eigenvalue weighted by Gasteiger charge is 2.26. The Hall–Kier alpha value is -0.970. The standard InChI is InChI=1S/C17H26FNO2/c1-13-7-14(2)9-19(8-13)10-16(20)12-21-11-15-5-3-4-6-17(15)18/h3-6,13-14,16,20H,7-12H2,1-2H3/p+1/t13-,14+,16-/m0/s1. The Kier molecular flexibility index (Phi) is 6.15. The number of aliphatic hydroxyl groups excluding tert-OH is 1. The molecule has 1 unspecified atom stereocenters. The molecule has 0 aliphatic carbocycles. The first kappa shape index (κ1) is 16.4. The summed E-state index contributed by atoms with van der Waals surface area (Å²) >= 11 is 0. The zero-order chi connectivity index (χ0) is 15.2. The number of hydrogen-bond donors (Lipinski definition) is 2. The van der Waals surface area contributed by atoms with E-state index in [0.29, 0.717) is 12.1 Å². The van der Waals surface area contributed by atoms with Crippen LogP contribution in [0.1, 0.15) is 25.8 Å². The van der Waals surface area contributed by atoms with E-state index >= 15 is 0 Å². The van der Waals surface area contributed by atoms with Gasteiger partial charge in [-0.05, 0) is 12.5 Å². The van der Waals surface area contributed by atoms with Crippen LogP contribution < -0.4 is 4.90 Å². The van der Waals surface area contributed by atoms with Gasteiger partial charge in [0, 0.05) is 17.4 Å². The summed E-state index contributed by atoms with van der Waals surface area (Å²) in [5, 5.41) is 10.1. The number of rotatable bonds is 6. The van der Waals surface area contributed by atoms with Crippen LogP contribution in [0.4, 0.5) is 4.39 Å². The van der Waals surface area contributed by atoms with Gasteiger partial charge in [-0.2, -0.15) is 0 Å². The molecule has 21 heavy (non-hydrogen) atoms. The molecule has 0 saturated carbocycles. The summed E-state index contributed by atoms with van der Waals surface area (Å²) in [6, 6.07) is 6.59. The highest BCUT2D eigenvalue weighted by atomic mass is 19.1. The average molecular weight is 296 g/mol. The van der Waals surface area contributed by atoms with Crippen molar-refractivity contribution in [2.24, 2.45) is 11.8 Å². The average Bonchev–Trinajstić information content (AvgIpc) is 2.39. The van der Waals surface area contributed by atoms with E-state index in [1.807, 2.05) is 0 Å². The number of nitrogens with one attached hydrogen (secondary N) is 1. The zero-order valence-corrected chi connectivity index (χ0v) is 13.0. The van der Waals surface area contributed by atoms with E-state index in [2.05, 4.69) is 13.8 Å². The van der Waals surface area contributed by atoms with E-state index in [9.17, 15) is 9.50 Å². The second kappa shape index (κ2) is 7.87. The molecule has 1 aliphatic heterocycles. The Morgan fingerprint density at radius 1 is 1.29 bits per heavy atom. The van der Waals surface area contributed by atoms with Crippen LogP contribution in [-0.4, -0.2) is 37.5 Å². The minimum atomic E-state index is -0.482. The van der Waals surface area contributed by atoms with Crippen molar-refractivity contribution < 1.29 is 19.1 Å². The molecule has 1 saturated heterocycles. The van der Waals surface area contributed by atoms with E-state index in [0.717, 1.165) is 24.9 Å². The third-order valence-corrected chi connectivity index (χ3v) is 4.13. The topological polar surface area (TPSA) is 33.9 Å². The number of halogens is 1. The largest absolute Gasteiger partial charge is 0.385 e. The number of ether oxygens (including phenoxy) is 1. The van der Waals surface area contributed by atoms with Crippen LogP contribution in [0.15, 0.2) is 24.3 Å². The molecule has 2 rings (SSSR count). The summed E-state index contributed by atoms with van der Waals surface area (Å²) in [7, 11) is 0. The van der Waals surface area contributed by atoms with E-state index in [1.165, 1.54) is 17.4 Å². The molecule has 118 valence electrons. The maximum Gasteiger partial charge on any atom is 0.128 e. The van der Waals surface area contributed by atoms with Gasteiger partial charge < -0.3 is 14.7 Å². The van der Waals surface area contributed by atoms with Crippen molar-refractivity contribution in [2.45, 2.75) is 33.0 Å². The Bertz CT molecular complexity index is 431. The molecular formula is C17H27FNO2+. The second-order valence-corrected chi connectivity index (χ2v) is 6.57. The molecule has 2 N–H and O–H groups in total. The molecule has 1 aliphatic rings. The molecule has 0 bridgehead atoms. The molecule has 1 fully saturated rings. The second-order valence-electron chi connectivity index (χ2n) is 6.57. The van der Waals surface area contributed by atoms with Crippen LogP contribution in [0.5, 0.6) is 0 Å². The van der Waals surface area contributed by atoms with Gasteiger partial charge in [-0.1, -0.05) is 32.0 Å². The highest BCUT2D eigenvalue weighted by Crippen LogP contribution is 2.12. The summed E-state index contributed by atoms with van der Waals surface area (Å²) < 4.78 is 18.9.